The number of amides is 1. The van der Waals surface area contributed by atoms with E-state index in [1.165, 1.54) is 4.90 Å². The topological polar surface area (TPSA) is 49.8 Å². The number of hydrogen-bond donors (Lipinski definition) is 1. The summed E-state index contributed by atoms with van der Waals surface area (Å²) < 4.78 is 4.70. The van der Waals surface area contributed by atoms with Crippen molar-refractivity contribution in [2.24, 2.45) is 0 Å². The Hall–Kier alpha value is -1.03. The Labute approximate surface area is 65.1 Å². The monoisotopic (exact) mass is 157 g/mol. The van der Waals surface area contributed by atoms with Gasteiger partial charge in [-0.2, -0.15) is 0 Å². The average Bonchev–Trinajstić information content (AvgIpc) is 2.34. The summed E-state index contributed by atoms with van der Waals surface area (Å²) >= 11 is 0. The Morgan fingerprint density at radius 1 is 1.91 bits per heavy atom. The lowest BCUT2D eigenvalue weighted by atomic mass is 10.3. The molecule has 0 unspecified atom stereocenters. The third-order valence-corrected chi connectivity index (χ3v) is 1.61. The van der Waals surface area contributed by atoms with E-state index in [4.69, 9.17) is 9.84 Å². The van der Waals surface area contributed by atoms with Crippen LogP contribution in [0.1, 0.15) is 0 Å². The van der Waals surface area contributed by atoms with Gasteiger partial charge in [0.15, 0.2) is 0 Å². The molecule has 0 aromatic heterocycles. The summed E-state index contributed by atoms with van der Waals surface area (Å²) in [6.07, 6.45) is 1.24. The SMILES string of the molecule is C=CCN1C(=O)OC[C@@H]1CO. The number of hydrogen-bond acceptors (Lipinski definition) is 3. The number of carbonyl (C=O) groups is 1. The number of rotatable bonds is 3. The zero-order chi connectivity index (χ0) is 8.27. The minimum Gasteiger partial charge on any atom is -0.447 e. The van der Waals surface area contributed by atoms with Crippen LogP contribution in [0.25, 0.3) is 0 Å². The fourth-order valence-electron chi connectivity index (χ4n) is 1.00. The van der Waals surface area contributed by atoms with Crippen molar-refractivity contribution in [2.75, 3.05) is 19.8 Å². The standard InChI is InChI=1S/C7H11NO3/c1-2-3-8-6(4-9)5-11-7(8)10/h2,6,9H,1,3-5H2/t6-/m0/s1. The van der Waals surface area contributed by atoms with Crippen LogP contribution in [0, 0.1) is 0 Å². The molecular weight excluding hydrogens is 146 g/mol. The highest BCUT2D eigenvalue weighted by Crippen LogP contribution is 2.10. The van der Waals surface area contributed by atoms with Crippen LogP contribution >= 0.6 is 0 Å². The van der Waals surface area contributed by atoms with Crippen molar-refractivity contribution in [3.8, 4) is 0 Å². The second kappa shape index (κ2) is 3.39. The van der Waals surface area contributed by atoms with Crippen LogP contribution in [0.5, 0.6) is 0 Å². The van der Waals surface area contributed by atoms with E-state index in [0.717, 1.165) is 0 Å². The van der Waals surface area contributed by atoms with Crippen LogP contribution in [0.4, 0.5) is 4.79 Å². The van der Waals surface area contributed by atoms with E-state index in [0.29, 0.717) is 6.54 Å². The molecule has 0 bridgehead atoms. The molecule has 1 fully saturated rings. The summed E-state index contributed by atoms with van der Waals surface area (Å²) in [6, 6.07) is -0.194. The maximum atomic E-state index is 10.9. The molecule has 1 atom stereocenters. The lowest BCUT2D eigenvalue weighted by Crippen LogP contribution is -2.35. The normalized spacial score (nSPS) is 23.5. The smallest absolute Gasteiger partial charge is 0.410 e. The fourth-order valence-corrected chi connectivity index (χ4v) is 1.00. The van der Waals surface area contributed by atoms with Crippen molar-refractivity contribution in [1.29, 1.82) is 0 Å². The third-order valence-electron chi connectivity index (χ3n) is 1.61. The Bertz CT molecular complexity index is 169. The number of aliphatic hydroxyl groups is 1. The van der Waals surface area contributed by atoms with E-state index in [-0.39, 0.29) is 25.3 Å². The molecule has 0 saturated carbocycles. The highest BCUT2D eigenvalue weighted by atomic mass is 16.6. The van der Waals surface area contributed by atoms with E-state index in [9.17, 15) is 4.79 Å². The van der Waals surface area contributed by atoms with Gasteiger partial charge < -0.3 is 9.84 Å². The molecule has 0 radical (unpaired) electrons. The largest absolute Gasteiger partial charge is 0.447 e. The van der Waals surface area contributed by atoms with Crippen molar-refractivity contribution in [3.63, 3.8) is 0 Å². The molecule has 1 amide bonds. The van der Waals surface area contributed by atoms with Gasteiger partial charge in [0.05, 0.1) is 12.6 Å². The summed E-state index contributed by atoms with van der Waals surface area (Å²) in [5.41, 5.74) is 0. The fraction of sp³-hybridized carbons (Fsp3) is 0.571. The van der Waals surface area contributed by atoms with E-state index < -0.39 is 0 Å². The van der Waals surface area contributed by atoms with Crippen LogP contribution < -0.4 is 0 Å². The van der Waals surface area contributed by atoms with Gasteiger partial charge in [0.25, 0.3) is 0 Å². The third kappa shape index (κ3) is 1.51. The van der Waals surface area contributed by atoms with Crippen LogP contribution in [-0.4, -0.2) is 41.9 Å². The average molecular weight is 157 g/mol. The highest BCUT2D eigenvalue weighted by Gasteiger charge is 2.30. The molecule has 0 aromatic carbocycles. The highest BCUT2D eigenvalue weighted by molar-refractivity contribution is 5.70. The van der Waals surface area contributed by atoms with Crippen molar-refractivity contribution in [1.82, 2.24) is 4.90 Å². The predicted molar refractivity (Wildman–Crippen MR) is 39.1 cm³/mol. The first-order valence-electron chi connectivity index (χ1n) is 3.44. The molecule has 1 rings (SSSR count). The quantitative estimate of drug-likeness (QED) is 0.586. The number of carbonyl (C=O) groups excluding carboxylic acids is 1. The van der Waals surface area contributed by atoms with Gasteiger partial charge in [-0.1, -0.05) is 6.08 Å². The summed E-state index contributed by atoms with van der Waals surface area (Å²) in [4.78, 5) is 12.3. The van der Waals surface area contributed by atoms with Gasteiger partial charge in [0, 0.05) is 6.54 Å². The molecule has 0 aliphatic carbocycles. The molecule has 4 heteroatoms. The summed E-state index contributed by atoms with van der Waals surface area (Å²) in [5, 5.41) is 8.77. The predicted octanol–water partition coefficient (Wildman–Crippen LogP) is -0.0145. The maximum Gasteiger partial charge on any atom is 0.410 e. The molecule has 1 heterocycles. The number of ether oxygens (including phenoxy) is 1. The molecule has 1 saturated heterocycles. The molecule has 1 N–H and O–H groups in total. The minimum atomic E-state index is -0.371. The first kappa shape index (κ1) is 8.07. The zero-order valence-corrected chi connectivity index (χ0v) is 6.19. The van der Waals surface area contributed by atoms with Gasteiger partial charge in [-0.15, -0.1) is 6.58 Å². The van der Waals surface area contributed by atoms with Gasteiger partial charge in [0.1, 0.15) is 6.61 Å². The Balaban J connectivity index is 2.55. The molecule has 11 heavy (non-hydrogen) atoms. The molecule has 1 aliphatic heterocycles. The molecule has 0 spiro atoms. The second-order valence-electron chi connectivity index (χ2n) is 2.35. The van der Waals surface area contributed by atoms with E-state index in [1.54, 1.807) is 6.08 Å². The van der Waals surface area contributed by atoms with Crippen molar-refractivity contribution in [2.45, 2.75) is 6.04 Å². The molecular formula is C7H11NO3. The van der Waals surface area contributed by atoms with Crippen LogP contribution in [0.15, 0.2) is 12.7 Å². The van der Waals surface area contributed by atoms with Crippen molar-refractivity contribution < 1.29 is 14.6 Å². The number of aliphatic hydroxyl groups excluding tert-OH is 1. The van der Waals surface area contributed by atoms with Crippen molar-refractivity contribution in [3.05, 3.63) is 12.7 Å². The number of nitrogens with zero attached hydrogens (tertiary/aromatic N) is 1. The summed E-state index contributed by atoms with van der Waals surface area (Å²) in [7, 11) is 0. The van der Waals surface area contributed by atoms with E-state index in [1.807, 2.05) is 0 Å². The Morgan fingerprint density at radius 3 is 3.18 bits per heavy atom. The van der Waals surface area contributed by atoms with Crippen LogP contribution in [0.3, 0.4) is 0 Å². The molecule has 62 valence electrons. The van der Waals surface area contributed by atoms with Gasteiger partial charge in [-0.3, -0.25) is 4.90 Å². The van der Waals surface area contributed by atoms with Gasteiger partial charge in [-0.05, 0) is 0 Å². The van der Waals surface area contributed by atoms with Crippen molar-refractivity contribution >= 4 is 6.09 Å². The Kier molecular flexibility index (Phi) is 2.48. The molecule has 0 aromatic rings. The lowest BCUT2D eigenvalue weighted by Gasteiger charge is -2.16. The van der Waals surface area contributed by atoms with Crippen LogP contribution in [0.2, 0.25) is 0 Å². The minimum absolute atomic E-state index is 0.0560. The van der Waals surface area contributed by atoms with Crippen LogP contribution in [-0.2, 0) is 4.74 Å². The first-order valence-corrected chi connectivity index (χ1v) is 3.44. The Morgan fingerprint density at radius 2 is 2.64 bits per heavy atom. The zero-order valence-electron chi connectivity index (χ0n) is 6.19. The lowest BCUT2D eigenvalue weighted by molar-refractivity contribution is 0.158. The summed E-state index contributed by atoms with van der Waals surface area (Å²) in [5.74, 6) is 0. The maximum absolute atomic E-state index is 10.9. The summed E-state index contributed by atoms with van der Waals surface area (Å²) in [6.45, 7) is 4.16. The molecule has 4 nitrogen and oxygen atoms in total. The first-order chi connectivity index (χ1) is 5.29. The van der Waals surface area contributed by atoms with E-state index in [2.05, 4.69) is 6.58 Å². The van der Waals surface area contributed by atoms with E-state index >= 15 is 0 Å². The molecule has 1 aliphatic rings. The van der Waals surface area contributed by atoms with Gasteiger partial charge in [-0.25, -0.2) is 4.79 Å². The number of cyclic esters (lactones) is 1. The van der Waals surface area contributed by atoms with Gasteiger partial charge >= 0.3 is 6.09 Å². The van der Waals surface area contributed by atoms with Gasteiger partial charge in [0.2, 0.25) is 0 Å². The second-order valence-corrected chi connectivity index (χ2v) is 2.35.